The molecule has 0 aromatic heterocycles. The number of hydrogen-bond donors (Lipinski definition) is 4. The van der Waals surface area contributed by atoms with E-state index in [2.05, 4.69) is 21.7 Å². The molecular weight excluding hydrogens is 402 g/mol. The van der Waals surface area contributed by atoms with Crippen LogP contribution in [0.5, 0.6) is 5.75 Å². The van der Waals surface area contributed by atoms with Gasteiger partial charge in [-0.25, -0.2) is 0 Å². The Bertz CT molecular complexity index is 974. The van der Waals surface area contributed by atoms with Crippen LogP contribution < -0.4 is 26.4 Å². The monoisotopic (exact) mass is 421 g/mol. The molecule has 3 aromatic carbocycles. The maximum atomic E-state index is 12.7. The summed E-state index contributed by atoms with van der Waals surface area (Å²) in [5, 5.41) is 10.8. The van der Waals surface area contributed by atoms with Crippen LogP contribution in [0.4, 0.5) is 17.1 Å². The summed E-state index contributed by atoms with van der Waals surface area (Å²) in [6.45, 7) is 0. The standard InChI is InChI=1S/C21H19N5O5/c27-20(24-22-15-7-3-1-4-8-15)19(21(28)25-23-16-9-5-2-6-10-16)31-18-13-11-17(12-14-18)26(29)30/h1-14,19,22-23H,(H,24,27)(H,25,28). The summed E-state index contributed by atoms with van der Waals surface area (Å²) in [6.07, 6.45) is -1.59. The lowest BCUT2D eigenvalue weighted by atomic mass is 10.2. The van der Waals surface area contributed by atoms with Gasteiger partial charge in [0.25, 0.3) is 23.6 Å². The van der Waals surface area contributed by atoms with E-state index in [0.29, 0.717) is 11.4 Å². The second-order valence-corrected chi connectivity index (χ2v) is 6.21. The summed E-state index contributed by atoms with van der Waals surface area (Å²) in [5.41, 5.74) is 11.3. The van der Waals surface area contributed by atoms with Crippen LogP contribution in [0.2, 0.25) is 0 Å². The lowest BCUT2D eigenvalue weighted by Gasteiger charge is -2.19. The number of nitro groups is 1. The lowest BCUT2D eigenvalue weighted by Crippen LogP contribution is -2.51. The van der Waals surface area contributed by atoms with Gasteiger partial charge in [-0.15, -0.1) is 0 Å². The molecule has 3 rings (SSSR count). The molecule has 0 unspecified atom stereocenters. The lowest BCUT2D eigenvalue weighted by molar-refractivity contribution is -0.384. The van der Waals surface area contributed by atoms with Gasteiger partial charge in [-0.3, -0.25) is 41.4 Å². The van der Waals surface area contributed by atoms with Crippen molar-refractivity contribution in [1.29, 1.82) is 0 Å². The third kappa shape index (κ3) is 6.19. The fourth-order valence-corrected chi connectivity index (χ4v) is 2.45. The number of hydrogen-bond acceptors (Lipinski definition) is 7. The third-order valence-corrected chi connectivity index (χ3v) is 3.99. The predicted octanol–water partition coefficient (Wildman–Crippen LogP) is 2.63. The Hall–Kier alpha value is -4.60. The van der Waals surface area contributed by atoms with Crippen molar-refractivity contribution in [1.82, 2.24) is 10.9 Å². The molecule has 10 heteroatoms. The van der Waals surface area contributed by atoms with Crippen LogP contribution in [0.3, 0.4) is 0 Å². The highest BCUT2D eigenvalue weighted by Gasteiger charge is 2.29. The molecule has 158 valence electrons. The molecule has 0 radical (unpaired) electrons. The first kappa shape index (κ1) is 21.1. The molecule has 0 aliphatic carbocycles. The molecular formula is C21H19N5O5. The maximum Gasteiger partial charge on any atom is 0.289 e. The molecule has 0 saturated carbocycles. The first-order chi connectivity index (χ1) is 15.0. The van der Waals surface area contributed by atoms with Crippen molar-refractivity contribution in [3.63, 3.8) is 0 Å². The highest BCUT2D eigenvalue weighted by molar-refractivity contribution is 6.04. The van der Waals surface area contributed by atoms with E-state index in [0.717, 1.165) is 0 Å². The smallest absolute Gasteiger partial charge is 0.289 e. The number of para-hydroxylation sites is 2. The SMILES string of the molecule is O=C(NNc1ccccc1)C(Oc1ccc([N+](=O)[O-])cc1)C(=O)NNc1ccccc1. The number of ether oxygens (including phenoxy) is 1. The van der Waals surface area contributed by atoms with Crippen LogP contribution in [-0.4, -0.2) is 22.8 Å². The highest BCUT2D eigenvalue weighted by Crippen LogP contribution is 2.18. The molecule has 31 heavy (non-hydrogen) atoms. The topological polar surface area (TPSA) is 135 Å². The molecule has 0 fully saturated rings. The Labute approximate surface area is 177 Å². The van der Waals surface area contributed by atoms with Crippen LogP contribution in [0.1, 0.15) is 0 Å². The number of rotatable bonds is 9. The fraction of sp³-hybridized carbons (Fsp3) is 0.0476. The molecule has 4 N–H and O–H groups in total. The van der Waals surface area contributed by atoms with E-state index in [-0.39, 0.29) is 11.4 Å². The molecule has 0 aliphatic rings. The first-order valence-electron chi connectivity index (χ1n) is 9.16. The molecule has 10 nitrogen and oxygen atoms in total. The molecule has 0 heterocycles. The largest absolute Gasteiger partial charge is 0.470 e. The molecule has 3 aromatic rings. The van der Waals surface area contributed by atoms with Crippen molar-refractivity contribution >= 4 is 28.9 Å². The average Bonchev–Trinajstić information content (AvgIpc) is 2.81. The number of nitro benzene ring substituents is 1. The van der Waals surface area contributed by atoms with Gasteiger partial charge < -0.3 is 4.74 Å². The van der Waals surface area contributed by atoms with Crippen molar-refractivity contribution in [3.05, 3.63) is 95.0 Å². The minimum atomic E-state index is -1.59. The van der Waals surface area contributed by atoms with Crippen molar-refractivity contribution in [2.24, 2.45) is 0 Å². The van der Waals surface area contributed by atoms with Crippen molar-refractivity contribution in [2.75, 3.05) is 10.9 Å². The van der Waals surface area contributed by atoms with Crippen LogP contribution in [0.25, 0.3) is 0 Å². The summed E-state index contributed by atoms with van der Waals surface area (Å²) in [4.78, 5) is 35.6. The Morgan fingerprint density at radius 2 is 1.19 bits per heavy atom. The van der Waals surface area contributed by atoms with E-state index >= 15 is 0 Å². The van der Waals surface area contributed by atoms with Crippen LogP contribution in [-0.2, 0) is 9.59 Å². The van der Waals surface area contributed by atoms with E-state index in [9.17, 15) is 19.7 Å². The second-order valence-electron chi connectivity index (χ2n) is 6.21. The predicted molar refractivity (Wildman–Crippen MR) is 114 cm³/mol. The summed E-state index contributed by atoms with van der Waals surface area (Å²) in [6, 6.07) is 22.7. The van der Waals surface area contributed by atoms with E-state index in [1.807, 2.05) is 12.1 Å². The van der Waals surface area contributed by atoms with Crippen LogP contribution in [0, 0.1) is 10.1 Å². The number of hydrazine groups is 2. The minimum Gasteiger partial charge on any atom is -0.470 e. The fourth-order valence-electron chi connectivity index (χ4n) is 2.45. The highest BCUT2D eigenvalue weighted by atomic mass is 16.6. The van der Waals surface area contributed by atoms with E-state index in [1.54, 1.807) is 48.5 Å². The molecule has 0 spiro atoms. The Balaban J connectivity index is 1.70. The summed E-state index contributed by atoms with van der Waals surface area (Å²) in [7, 11) is 0. The van der Waals surface area contributed by atoms with Gasteiger partial charge in [0.15, 0.2) is 0 Å². The number of nitrogens with zero attached hydrogens (tertiary/aromatic N) is 1. The van der Waals surface area contributed by atoms with Crippen molar-refractivity contribution < 1.29 is 19.2 Å². The summed E-state index contributed by atoms with van der Waals surface area (Å²) < 4.78 is 5.52. The first-order valence-corrected chi connectivity index (χ1v) is 9.16. The van der Waals surface area contributed by atoms with Gasteiger partial charge in [-0.1, -0.05) is 36.4 Å². The van der Waals surface area contributed by atoms with Crippen molar-refractivity contribution in [2.45, 2.75) is 6.10 Å². The number of anilines is 2. The van der Waals surface area contributed by atoms with E-state index < -0.39 is 22.8 Å². The van der Waals surface area contributed by atoms with Gasteiger partial charge >= 0.3 is 0 Å². The van der Waals surface area contributed by atoms with Gasteiger partial charge in [-0.05, 0) is 36.4 Å². The summed E-state index contributed by atoms with van der Waals surface area (Å²) in [5.74, 6) is -1.43. The molecule has 0 atom stereocenters. The molecule has 0 bridgehead atoms. The molecule has 2 amide bonds. The minimum absolute atomic E-state index is 0.111. The van der Waals surface area contributed by atoms with Gasteiger partial charge in [0.2, 0.25) is 0 Å². The van der Waals surface area contributed by atoms with Gasteiger partial charge in [0.1, 0.15) is 5.75 Å². The van der Waals surface area contributed by atoms with Crippen LogP contribution in [0.15, 0.2) is 84.9 Å². The molecule has 0 saturated heterocycles. The van der Waals surface area contributed by atoms with Crippen LogP contribution >= 0.6 is 0 Å². The molecule has 0 aliphatic heterocycles. The number of carbonyl (C=O) groups is 2. The number of carbonyl (C=O) groups excluding carboxylic acids is 2. The number of amides is 2. The van der Waals surface area contributed by atoms with Gasteiger partial charge in [-0.2, -0.15) is 0 Å². The Kier molecular flexibility index (Phi) is 6.99. The quantitative estimate of drug-likeness (QED) is 0.237. The number of benzene rings is 3. The average molecular weight is 421 g/mol. The zero-order chi connectivity index (χ0) is 22.1. The second kappa shape index (κ2) is 10.3. The normalized spacial score (nSPS) is 10.1. The van der Waals surface area contributed by atoms with E-state index in [1.165, 1.54) is 24.3 Å². The number of non-ortho nitro benzene ring substituents is 1. The number of nitrogens with one attached hydrogen (secondary N) is 4. The Morgan fingerprint density at radius 1 is 0.742 bits per heavy atom. The maximum absolute atomic E-state index is 12.7. The van der Waals surface area contributed by atoms with Gasteiger partial charge in [0, 0.05) is 12.1 Å². The zero-order valence-corrected chi connectivity index (χ0v) is 16.1. The zero-order valence-electron chi connectivity index (χ0n) is 16.1. The van der Waals surface area contributed by atoms with Gasteiger partial charge in [0.05, 0.1) is 16.3 Å². The third-order valence-electron chi connectivity index (χ3n) is 3.99. The Morgan fingerprint density at radius 3 is 1.61 bits per heavy atom. The summed E-state index contributed by atoms with van der Waals surface area (Å²) >= 11 is 0. The van der Waals surface area contributed by atoms with Crippen molar-refractivity contribution in [3.8, 4) is 5.75 Å². The van der Waals surface area contributed by atoms with E-state index in [4.69, 9.17) is 4.74 Å².